The highest BCUT2D eigenvalue weighted by Crippen LogP contribution is 2.21. The van der Waals surface area contributed by atoms with Crippen LogP contribution in [0.1, 0.15) is 23.5 Å². The molecule has 0 saturated carbocycles. The fourth-order valence-corrected chi connectivity index (χ4v) is 2.08. The van der Waals surface area contributed by atoms with E-state index in [1.807, 2.05) is 18.4 Å². The lowest BCUT2D eigenvalue weighted by Crippen LogP contribution is -2.26. The van der Waals surface area contributed by atoms with E-state index in [0.717, 1.165) is 43.2 Å². The molecular formula is C11H17NO2S. The Morgan fingerprint density at radius 1 is 1.53 bits per heavy atom. The second-order valence-corrected chi connectivity index (χ2v) is 4.04. The highest BCUT2D eigenvalue weighted by molar-refractivity contribution is 7.12. The van der Waals surface area contributed by atoms with Crippen molar-refractivity contribution in [1.29, 1.82) is 0 Å². The average molecular weight is 227 g/mol. The van der Waals surface area contributed by atoms with Crippen molar-refractivity contribution >= 4 is 23.3 Å². The SMILES string of the molecule is CCOCCN(CC)c1csc(C=O)c1. The van der Waals surface area contributed by atoms with Crippen molar-refractivity contribution in [3.63, 3.8) is 0 Å². The Labute approximate surface area is 94.7 Å². The van der Waals surface area contributed by atoms with Crippen LogP contribution in [0.5, 0.6) is 0 Å². The number of hydrogen-bond acceptors (Lipinski definition) is 4. The Morgan fingerprint density at radius 3 is 2.87 bits per heavy atom. The maximum absolute atomic E-state index is 10.6. The monoisotopic (exact) mass is 227 g/mol. The van der Waals surface area contributed by atoms with Crippen molar-refractivity contribution in [2.24, 2.45) is 0 Å². The third-order valence-corrected chi connectivity index (χ3v) is 3.02. The molecule has 0 N–H and O–H groups in total. The topological polar surface area (TPSA) is 29.5 Å². The van der Waals surface area contributed by atoms with Gasteiger partial charge < -0.3 is 9.64 Å². The van der Waals surface area contributed by atoms with Crippen LogP contribution in [0.3, 0.4) is 0 Å². The zero-order chi connectivity index (χ0) is 11.1. The summed E-state index contributed by atoms with van der Waals surface area (Å²) in [6, 6.07) is 1.92. The third kappa shape index (κ3) is 3.64. The Balaban J connectivity index is 2.53. The third-order valence-electron chi connectivity index (χ3n) is 2.18. The summed E-state index contributed by atoms with van der Waals surface area (Å²) in [5, 5.41) is 2.01. The smallest absolute Gasteiger partial charge is 0.160 e. The summed E-state index contributed by atoms with van der Waals surface area (Å²) >= 11 is 1.48. The van der Waals surface area contributed by atoms with Crippen molar-refractivity contribution < 1.29 is 9.53 Å². The van der Waals surface area contributed by atoms with Gasteiger partial charge in [-0.2, -0.15) is 0 Å². The van der Waals surface area contributed by atoms with Gasteiger partial charge in [-0.3, -0.25) is 4.79 Å². The van der Waals surface area contributed by atoms with Crippen molar-refractivity contribution in [2.45, 2.75) is 13.8 Å². The van der Waals surface area contributed by atoms with Crippen LogP contribution in [0.2, 0.25) is 0 Å². The molecule has 0 aliphatic rings. The van der Waals surface area contributed by atoms with Gasteiger partial charge in [-0.15, -0.1) is 11.3 Å². The fraction of sp³-hybridized carbons (Fsp3) is 0.545. The largest absolute Gasteiger partial charge is 0.380 e. The lowest BCUT2D eigenvalue weighted by Gasteiger charge is -2.21. The van der Waals surface area contributed by atoms with Gasteiger partial charge in [0.15, 0.2) is 6.29 Å². The number of ether oxygens (including phenoxy) is 1. The lowest BCUT2D eigenvalue weighted by molar-refractivity contribution is 0.112. The Hall–Kier alpha value is -0.870. The van der Waals surface area contributed by atoms with Gasteiger partial charge in [-0.1, -0.05) is 0 Å². The first-order chi connectivity index (χ1) is 7.31. The summed E-state index contributed by atoms with van der Waals surface area (Å²) in [6.07, 6.45) is 0.893. The molecule has 1 heterocycles. The molecule has 15 heavy (non-hydrogen) atoms. The number of likely N-dealkylation sites (N-methyl/N-ethyl adjacent to an activating group) is 1. The zero-order valence-electron chi connectivity index (χ0n) is 9.23. The van der Waals surface area contributed by atoms with Crippen LogP contribution in [0, 0.1) is 0 Å². The van der Waals surface area contributed by atoms with Crippen LogP contribution in [-0.4, -0.2) is 32.6 Å². The van der Waals surface area contributed by atoms with Crippen molar-refractivity contribution in [1.82, 2.24) is 0 Å². The Morgan fingerprint density at radius 2 is 2.33 bits per heavy atom. The van der Waals surface area contributed by atoms with Crippen LogP contribution >= 0.6 is 11.3 Å². The van der Waals surface area contributed by atoms with E-state index in [-0.39, 0.29) is 0 Å². The molecule has 0 bridgehead atoms. The van der Waals surface area contributed by atoms with Crippen LogP contribution in [-0.2, 0) is 4.74 Å². The molecule has 0 fully saturated rings. The van der Waals surface area contributed by atoms with Crippen LogP contribution < -0.4 is 4.90 Å². The minimum absolute atomic E-state index is 0.733. The van der Waals surface area contributed by atoms with Gasteiger partial charge in [0.2, 0.25) is 0 Å². The number of rotatable bonds is 7. The minimum atomic E-state index is 0.733. The number of anilines is 1. The van der Waals surface area contributed by atoms with Gasteiger partial charge in [0.25, 0.3) is 0 Å². The molecule has 0 saturated heterocycles. The van der Waals surface area contributed by atoms with Crippen molar-refractivity contribution in [3.8, 4) is 0 Å². The van der Waals surface area contributed by atoms with Crippen LogP contribution in [0.25, 0.3) is 0 Å². The average Bonchev–Trinajstić information content (AvgIpc) is 2.73. The Bertz CT molecular complexity index is 299. The molecule has 84 valence electrons. The van der Waals surface area contributed by atoms with E-state index in [4.69, 9.17) is 4.74 Å². The molecule has 0 aliphatic heterocycles. The van der Waals surface area contributed by atoms with Gasteiger partial charge in [0.05, 0.1) is 11.5 Å². The Kier molecular flexibility index (Phi) is 5.36. The maximum Gasteiger partial charge on any atom is 0.160 e. The fourth-order valence-electron chi connectivity index (χ4n) is 1.36. The van der Waals surface area contributed by atoms with Gasteiger partial charge in [-0.25, -0.2) is 0 Å². The van der Waals surface area contributed by atoms with E-state index in [1.54, 1.807) is 0 Å². The van der Waals surface area contributed by atoms with E-state index in [9.17, 15) is 4.79 Å². The molecule has 4 heteroatoms. The van der Waals surface area contributed by atoms with E-state index in [1.165, 1.54) is 11.3 Å². The highest BCUT2D eigenvalue weighted by Gasteiger charge is 2.06. The lowest BCUT2D eigenvalue weighted by atomic mass is 10.4. The summed E-state index contributed by atoms with van der Waals surface area (Å²) in [5.41, 5.74) is 1.12. The molecule has 3 nitrogen and oxygen atoms in total. The molecule has 0 spiro atoms. The predicted molar refractivity (Wildman–Crippen MR) is 64.1 cm³/mol. The summed E-state index contributed by atoms with van der Waals surface area (Å²) in [4.78, 5) is 13.5. The first kappa shape index (κ1) is 12.2. The number of hydrogen-bond donors (Lipinski definition) is 0. The molecule has 1 aromatic heterocycles. The molecule has 1 aromatic rings. The van der Waals surface area contributed by atoms with Crippen molar-refractivity contribution in [2.75, 3.05) is 31.2 Å². The number of carbonyl (C=O) groups excluding carboxylic acids is 1. The van der Waals surface area contributed by atoms with Crippen LogP contribution in [0.15, 0.2) is 11.4 Å². The quantitative estimate of drug-likeness (QED) is 0.529. The summed E-state index contributed by atoms with van der Waals surface area (Å²) in [7, 11) is 0. The number of nitrogens with zero attached hydrogens (tertiary/aromatic N) is 1. The number of aldehydes is 1. The molecule has 1 rings (SSSR count). The van der Waals surface area contributed by atoms with E-state index < -0.39 is 0 Å². The van der Waals surface area contributed by atoms with Gasteiger partial charge in [-0.05, 0) is 19.9 Å². The minimum Gasteiger partial charge on any atom is -0.380 e. The summed E-state index contributed by atoms with van der Waals surface area (Å²) in [6.45, 7) is 7.38. The normalized spacial score (nSPS) is 10.3. The first-order valence-corrected chi connectivity index (χ1v) is 6.06. The molecule has 0 amide bonds. The standard InChI is InChI=1S/C11H17NO2S/c1-3-12(5-6-14-4-2)10-7-11(8-13)15-9-10/h7-9H,3-6H2,1-2H3. The number of thiophene rings is 1. The maximum atomic E-state index is 10.6. The molecule has 0 atom stereocenters. The van der Waals surface area contributed by atoms with E-state index in [2.05, 4.69) is 11.8 Å². The van der Waals surface area contributed by atoms with E-state index in [0.29, 0.717) is 0 Å². The molecule has 0 aromatic carbocycles. The van der Waals surface area contributed by atoms with E-state index >= 15 is 0 Å². The second-order valence-electron chi connectivity index (χ2n) is 3.10. The van der Waals surface area contributed by atoms with Gasteiger partial charge in [0.1, 0.15) is 0 Å². The molecule has 0 unspecified atom stereocenters. The summed E-state index contributed by atoms with van der Waals surface area (Å²) < 4.78 is 5.31. The highest BCUT2D eigenvalue weighted by atomic mass is 32.1. The molecule has 0 aliphatic carbocycles. The van der Waals surface area contributed by atoms with Crippen molar-refractivity contribution in [3.05, 3.63) is 16.3 Å². The van der Waals surface area contributed by atoms with Crippen LogP contribution in [0.4, 0.5) is 5.69 Å². The first-order valence-electron chi connectivity index (χ1n) is 5.18. The zero-order valence-corrected chi connectivity index (χ0v) is 10.0. The number of carbonyl (C=O) groups is 1. The summed E-state index contributed by atoms with van der Waals surface area (Å²) in [5.74, 6) is 0. The second kappa shape index (κ2) is 6.58. The predicted octanol–water partition coefficient (Wildman–Crippen LogP) is 2.42. The van der Waals surface area contributed by atoms with Gasteiger partial charge >= 0.3 is 0 Å². The molecule has 0 radical (unpaired) electrons. The van der Waals surface area contributed by atoms with Gasteiger partial charge in [0, 0.05) is 30.8 Å². The molecular weight excluding hydrogens is 210 g/mol.